The molecule has 0 aromatic heterocycles. The Morgan fingerprint density at radius 3 is 1.17 bits per heavy atom. The van der Waals surface area contributed by atoms with Crippen molar-refractivity contribution in [1.29, 1.82) is 0 Å². The van der Waals surface area contributed by atoms with Crippen LogP contribution in [0.5, 0.6) is 0 Å². The summed E-state index contributed by atoms with van der Waals surface area (Å²) in [7, 11) is 3.48. The Morgan fingerprint density at radius 2 is 1.00 bits per heavy atom. The molecule has 39 valence electrons. The molecule has 0 aromatic carbocycles. The normalized spacial score (nSPS) is 40.0. The van der Waals surface area contributed by atoms with Crippen LogP contribution in [0, 0.1) is 0 Å². The molecule has 0 bridgehead atoms. The van der Waals surface area contributed by atoms with E-state index in [1.165, 1.54) is 0 Å². The summed E-state index contributed by atoms with van der Waals surface area (Å²) >= 11 is 3.07. The van der Waals surface area contributed by atoms with Gasteiger partial charge in [0.25, 0.3) is 0 Å². The molecule has 1 rings (SSSR count). The third-order valence-corrected chi connectivity index (χ3v) is 208. The molecule has 6 heavy (non-hydrogen) atoms. The third kappa shape index (κ3) is 3.81. The maximum absolute atomic E-state index is 1.16. The summed E-state index contributed by atoms with van der Waals surface area (Å²) in [6.45, 7) is 0. The van der Waals surface area contributed by atoms with Crippen LogP contribution in [0.4, 0.5) is 0 Å². The van der Waals surface area contributed by atoms with Gasteiger partial charge < -0.3 is 0 Å². The standard InChI is InChI=1S/As3I3/c1-4-2-6-3-5-1/q-3. The minimum absolute atomic E-state index is 1.02. The Hall–Kier alpha value is 3.87. The van der Waals surface area contributed by atoms with Crippen molar-refractivity contribution in [2.75, 3.05) is 0 Å². The molecule has 0 amide bonds. The monoisotopic (exact) mass is 605 g/mol. The SMILES string of the molecule is [As]1[I-][As][I-][As][I-]1. The second-order valence-corrected chi connectivity index (χ2v) is 85.9. The predicted octanol–water partition coefficient (Wildman–Crippen LogP) is -10.1. The van der Waals surface area contributed by atoms with Gasteiger partial charge in [0.2, 0.25) is 0 Å². The number of rotatable bonds is 0. The molecule has 1 saturated heterocycles. The van der Waals surface area contributed by atoms with Crippen LogP contribution < -0.4 is 48.8 Å². The van der Waals surface area contributed by atoms with Crippen LogP contribution in [0.25, 0.3) is 0 Å². The van der Waals surface area contributed by atoms with Crippen LogP contribution in [0.15, 0.2) is 0 Å². The van der Waals surface area contributed by atoms with Gasteiger partial charge in [0.15, 0.2) is 0 Å². The van der Waals surface area contributed by atoms with E-state index in [0.717, 1.165) is 76.0 Å². The van der Waals surface area contributed by atoms with Crippen LogP contribution in [-0.2, 0) is 0 Å². The van der Waals surface area contributed by atoms with E-state index < -0.39 is 0 Å². The molecule has 6 heteroatoms. The van der Waals surface area contributed by atoms with Gasteiger partial charge in [0.05, 0.1) is 0 Å². The number of hydrogen-bond donors (Lipinski definition) is 0. The van der Waals surface area contributed by atoms with Gasteiger partial charge in [-0.2, -0.15) is 0 Å². The van der Waals surface area contributed by atoms with E-state index in [-0.39, 0.29) is 0 Å². The summed E-state index contributed by atoms with van der Waals surface area (Å²) in [6, 6.07) is 0. The van der Waals surface area contributed by atoms with Gasteiger partial charge in [0.1, 0.15) is 0 Å². The van der Waals surface area contributed by atoms with Crippen molar-refractivity contribution >= 4 is 27.2 Å². The maximum atomic E-state index is 1.16. The van der Waals surface area contributed by atoms with Crippen molar-refractivity contribution in [1.82, 2.24) is 0 Å². The van der Waals surface area contributed by atoms with Gasteiger partial charge in [-0.25, -0.2) is 0 Å². The zero-order chi connectivity index (χ0) is 4.24. The molecule has 0 spiro atoms. The summed E-state index contributed by atoms with van der Waals surface area (Å²) in [6.07, 6.45) is 0. The van der Waals surface area contributed by atoms with Gasteiger partial charge in [0, 0.05) is 0 Å². The molecule has 3 radical (unpaired) electrons. The Balaban J connectivity index is 2.00. The fraction of sp³-hybridized carbons (Fsp3) is 0. The van der Waals surface area contributed by atoms with Crippen LogP contribution >= 0.6 is 0 Å². The summed E-state index contributed by atoms with van der Waals surface area (Å²) < 4.78 is 0. The molecule has 0 nitrogen and oxygen atoms in total. The molecule has 0 saturated carbocycles. The zero-order valence-electron chi connectivity index (χ0n) is 2.48. The Labute approximate surface area is 73.3 Å². The van der Waals surface area contributed by atoms with Crippen molar-refractivity contribution in [3.8, 4) is 0 Å². The van der Waals surface area contributed by atoms with E-state index in [2.05, 4.69) is 0 Å². The molecular formula is As3I3-3. The van der Waals surface area contributed by atoms with Crippen LogP contribution in [0.3, 0.4) is 0 Å². The van der Waals surface area contributed by atoms with E-state index in [1.807, 2.05) is 0 Å². The Bertz CT molecular complexity index is 21.5. The van der Waals surface area contributed by atoms with Gasteiger partial charge in [-0.1, -0.05) is 0 Å². The molecule has 0 aliphatic carbocycles. The second kappa shape index (κ2) is 5.64. The average molecular weight is 605 g/mol. The first-order valence-electron chi connectivity index (χ1n) is 1.01. The molecule has 0 N–H and O–H groups in total. The van der Waals surface area contributed by atoms with E-state index in [9.17, 15) is 0 Å². The molecule has 0 aromatic rings. The van der Waals surface area contributed by atoms with E-state index in [1.54, 1.807) is 0 Å². The molecule has 1 heterocycles. The van der Waals surface area contributed by atoms with Crippen molar-refractivity contribution in [2.24, 2.45) is 0 Å². The van der Waals surface area contributed by atoms with Crippen molar-refractivity contribution in [3.63, 3.8) is 0 Å². The molecule has 1 aliphatic heterocycles. The second-order valence-electron chi connectivity index (χ2n) is 0.418. The van der Waals surface area contributed by atoms with Crippen molar-refractivity contribution in [2.45, 2.75) is 0 Å². The fourth-order valence-electron chi connectivity index (χ4n) is 0.0707. The summed E-state index contributed by atoms with van der Waals surface area (Å²) in [5.74, 6) is 0. The van der Waals surface area contributed by atoms with Crippen molar-refractivity contribution in [3.05, 3.63) is 0 Å². The molecule has 0 unspecified atom stereocenters. The predicted molar refractivity (Wildman–Crippen MR) is 17.3 cm³/mol. The minimum atomic E-state index is 1.02. The Kier molecular flexibility index (Phi) is 7.48. The van der Waals surface area contributed by atoms with Crippen LogP contribution in [0.1, 0.15) is 0 Å². The summed E-state index contributed by atoms with van der Waals surface area (Å²) in [5, 5.41) is 0. The molecule has 0 atom stereocenters. The van der Waals surface area contributed by atoms with E-state index in [4.69, 9.17) is 0 Å². The van der Waals surface area contributed by atoms with E-state index in [0.29, 0.717) is 0 Å². The third-order valence-electron chi connectivity index (χ3n) is 0.171. The molecule has 1 aliphatic rings. The molecular weight excluding hydrogens is 605 g/mol. The summed E-state index contributed by atoms with van der Waals surface area (Å²) in [5.41, 5.74) is 0. The zero-order valence-corrected chi connectivity index (χ0v) is 14.6. The van der Waals surface area contributed by atoms with E-state index >= 15 is 0 Å². The van der Waals surface area contributed by atoms with Gasteiger partial charge >= 0.3 is 76.0 Å². The first-order chi connectivity index (χ1) is 3.00. The first-order valence-corrected chi connectivity index (χ1v) is 35.4. The average Bonchev–Trinajstić information content (AvgIpc) is 1.72. The number of halogens is 3. The van der Waals surface area contributed by atoms with Gasteiger partial charge in [-0.05, 0) is 0 Å². The van der Waals surface area contributed by atoms with Gasteiger partial charge in [-0.3, -0.25) is 0 Å². The van der Waals surface area contributed by atoms with Crippen molar-refractivity contribution < 1.29 is 48.8 Å². The van der Waals surface area contributed by atoms with Gasteiger partial charge in [-0.15, -0.1) is 0 Å². The fourth-order valence-corrected chi connectivity index (χ4v) is 506. The summed E-state index contributed by atoms with van der Waals surface area (Å²) in [4.78, 5) is 0. The number of hydrogen-bond acceptors (Lipinski definition) is 0. The van der Waals surface area contributed by atoms with Crippen LogP contribution in [0.2, 0.25) is 0 Å². The quantitative estimate of drug-likeness (QED) is 0.190. The topological polar surface area (TPSA) is 0 Å². The first kappa shape index (κ1) is 7.97. The molecule has 1 fully saturated rings. The Morgan fingerprint density at radius 1 is 0.667 bits per heavy atom. The van der Waals surface area contributed by atoms with Crippen LogP contribution in [-0.4, -0.2) is 27.2 Å².